The summed E-state index contributed by atoms with van der Waals surface area (Å²) in [6.07, 6.45) is 3.53. The molecule has 0 spiro atoms. The first-order chi connectivity index (χ1) is 10.5. The summed E-state index contributed by atoms with van der Waals surface area (Å²) in [4.78, 5) is 11.2. The van der Waals surface area contributed by atoms with Crippen LogP contribution < -0.4 is 4.90 Å². The Bertz CT molecular complexity index is 809. The van der Waals surface area contributed by atoms with Crippen molar-refractivity contribution in [2.24, 2.45) is 0 Å². The van der Waals surface area contributed by atoms with Crippen molar-refractivity contribution in [1.29, 1.82) is 0 Å². The van der Waals surface area contributed by atoms with Gasteiger partial charge < -0.3 is 4.90 Å². The average molecular weight is 316 g/mol. The van der Waals surface area contributed by atoms with Gasteiger partial charge in [0.1, 0.15) is 5.82 Å². The highest BCUT2D eigenvalue weighted by Gasteiger charge is 2.15. The highest BCUT2D eigenvalue weighted by Crippen LogP contribution is 2.32. The van der Waals surface area contributed by atoms with Crippen LogP contribution in [0.25, 0.3) is 16.9 Å². The Morgan fingerprint density at radius 3 is 2.55 bits per heavy atom. The Morgan fingerprint density at radius 1 is 1.18 bits per heavy atom. The van der Waals surface area contributed by atoms with Gasteiger partial charge in [0.25, 0.3) is 5.95 Å². The predicted molar refractivity (Wildman–Crippen MR) is 90.1 cm³/mol. The normalized spacial score (nSPS) is 11.4. The van der Waals surface area contributed by atoms with Gasteiger partial charge in [-0.25, -0.2) is 9.67 Å². The van der Waals surface area contributed by atoms with Crippen molar-refractivity contribution < 1.29 is 0 Å². The number of nitrogens with zero attached hydrogens (tertiary/aromatic N) is 5. The number of fused-ring (bicyclic) bond motifs is 1. The van der Waals surface area contributed by atoms with Gasteiger partial charge in [-0.2, -0.15) is 10.1 Å². The molecule has 114 valence electrons. The molecule has 0 aliphatic heterocycles. The molecular formula is C16H18ClN5. The highest BCUT2D eigenvalue weighted by atomic mass is 35.5. The van der Waals surface area contributed by atoms with Crippen molar-refractivity contribution >= 4 is 28.3 Å². The van der Waals surface area contributed by atoms with Gasteiger partial charge in [-0.15, -0.1) is 0 Å². The molecule has 22 heavy (non-hydrogen) atoms. The molecule has 3 rings (SSSR count). The second-order valence-electron chi connectivity index (χ2n) is 5.74. The Hall–Kier alpha value is -2.14. The average Bonchev–Trinajstić information content (AvgIpc) is 2.98. The lowest BCUT2D eigenvalue weighted by molar-refractivity contribution is 0.811. The summed E-state index contributed by atoms with van der Waals surface area (Å²) in [5.41, 5.74) is 1.92. The van der Waals surface area contributed by atoms with Crippen LogP contribution >= 0.6 is 11.6 Å². The largest absolute Gasteiger partial charge is 0.362 e. The molecule has 0 radical (unpaired) electrons. The van der Waals surface area contributed by atoms with Crippen LogP contribution in [0.5, 0.6) is 0 Å². The SMILES string of the molecule is CC(C)c1cc2c(N(C)C)nc(-n3cccn3)nc2cc1Cl. The topological polar surface area (TPSA) is 46.8 Å². The van der Waals surface area contributed by atoms with Gasteiger partial charge in [0.2, 0.25) is 0 Å². The fourth-order valence-corrected chi connectivity index (χ4v) is 2.79. The van der Waals surface area contributed by atoms with E-state index in [-0.39, 0.29) is 0 Å². The second kappa shape index (κ2) is 5.57. The molecule has 0 amide bonds. The fraction of sp³-hybridized carbons (Fsp3) is 0.312. The van der Waals surface area contributed by atoms with Crippen molar-refractivity contribution in [3.63, 3.8) is 0 Å². The first kappa shape index (κ1) is 14.8. The molecule has 1 aromatic carbocycles. The molecule has 0 N–H and O–H groups in total. The van der Waals surface area contributed by atoms with Crippen LogP contribution in [0.15, 0.2) is 30.6 Å². The Labute approximate surface area is 134 Å². The number of hydrogen-bond donors (Lipinski definition) is 0. The molecule has 0 bridgehead atoms. The smallest absolute Gasteiger partial charge is 0.253 e. The number of halogens is 1. The van der Waals surface area contributed by atoms with Crippen LogP contribution in [-0.2, 0) is 0 Å². The van der Waals surface area contributed by atoms with Crippen LogP contribution in [0.2, 0.25) is 5.02 Å². The molecule has 0 saturated carbocycles. The van der Waals surface area contributed by atoms with E-state index in [4.69, 9.17) is 11.6 Å². The van der Waals surface area contributed by atoms with Crippen molar-refractivity contribution in [2.75, 3.05) is 19.0 Å². The van der Waals surface area contributed by atoms with E-state index in [2.05, 4.69) is 35.0 Å². The third-order valence-electron chi connectivity index (χ3n) is 3.54. The van der Waals surface area contributed by atoms with E-state index in [0.29, 0.717) is 11.9 Å². The van der Waals surface area contributed by atoms with Gasteiger partial charge in [-0.1, -0.05) is 25.4 Å². The minimum absolute atomic E-state index is 0.345. The van der Waals surface area contributed by atoms with E-state index in [9.17, 15) is 0 Å². The lowest BCUT2D eigenvalue weighted by Gasteiger charge is -2.17. The lowest BCUT2D eigenvalue weighted by Crippen LogP contribution is -2.14. The van der Waals surface area contributed by atoms with Gasteiger partial charge in [0.05, 0.1) is 5.52 Å². The number of rotatable bonds is 3. The molecule has 0 aliphatic carbocycles. The fourth-order valence-electron chi connectivity index (χ4n) is 2.41. The minimum Gasteiger partial charge on any atom is -0.362 e. The Balaban J connectivity index is 2.31. The molecular weight excluding hydrogens is 298 g/mol. The van der Waals surface area contributed by atoms with E-state index in [1.165, 1.54) is 0 Å². The molecule has 6 heteroatoms. The third-order valence-corrected chi connectivity index (χ3v) is 3.86. The zero-order valence-corrected chi connectivity index (χ0v) is 13.8. The van der Waals surface area contributed by atoms with E-state index in [1.807, 2.05) is 37.3 Å². The van der Waals surface area contributed by atoms with Gasteiger partial charge in [-0.05, 0) is 29.7 Å². The summed E-state index contributed by atoms with van der Waals surface area (Å²) < 4.78 is 1.65. The van der Waals surface area contributed by atoms with Crippen LogP contribution in [0, 0.1) is 0 Å². The zero-order valence-electron chi connectivity index (χ0n) is 13.1. The van der Waals surface area contributed by atoms with Crippen LogP contribution in [-0.4, -0.2) is 33.8 Å². The summed E-state index contributed by atoms with van der Waals surface area (Å²) in [5, 5.41) is 5.93. The van der Waals surface area contributed by atoms with Crippen molar-refractivity contribution in [3.05, 3.63) is 41.2 Å². The molecule has 2 aromatic heterocycles. The Kier molecular flexibility index (Phi) is 3.74. The first-order valence-electron chi connectivity index (χ1n) is 7.16. The van der Waals surface area contributed by atoms with E-state index < -0.39 is 0 Å². The van der Waals surface area contributed by atoms with E-state index in [1.54, 1.807) is 10.9 Å². The summed E-state index contributed by atoms with van der Waals surface area (Å²) >= 11 is 6.41. The van der Waals surface area contributed by atoms with Gasteiger partial charge in [0, 0.05) is 36.9 Å². The van der Waals surface area contributed by atoms with Gasteiger partial charge in [0.15, 0.2) is 0 Å². The number of aromatic nitrogens is 4. The van der Waals surface area contributed by atoms with Crippen molar-refractivity contribution in [1.82, 2.24) is 19.7 Å². The van der Waals surface area contributed by atoms with Gasteiger partial charge >= 0.3 is 0 Å². The molecule has 0 fully saturated rings. The molecule has 2 heterocycles. The minimum atomic E-state index is 0.345. The van der Waals surface area contributed by atoms with Crippen molar-refractivity contribution in [2.45, 2.75) is 19.8 Å². The summed E-state index contributed by atoms with van der Waals surface area (Å²) in [6, 6.07) is 5.84. The summed E-state index contributed by atoms with van der Waals surface area (Å²) in [6.45, 7) is 4.25. The molecule has 0 saturated heterocycles. The molecule has 3 aromatic rings. The van der Waals surface area contributed by atoms with Gasteiger partial charge in [-0.3, -0.25) is 0 Å². The summed E-state index contributed by atoms with van der Waals surface area (Å²) in [7, 11) is 3.94. The van der Waals surface area contributed by atoms with Crippen LogP contribution in [0.1, 0.15) is 25.3 Å². The number of benzene rings is 1. The van der Waals surface area contributed by atoms with Crippen LogP contribution in [0.4, 0.5) is 5.82 Å². The maximum Gasteiger partial charge on any atom is 0.253 e. The lowest BCUT2D eigenvalue weighted by atomic mass is 10.0. The van der Waals surface area contributed by atoms with E-state index in [0.717, 1.165) is 27.3 Å². The predicted octanol–water partition coefficient (Wildman–Crippen LogP) is 3.66. The monoisotopic (exact) mass is 315 g/mol. The first-order valence-corrected chi connectivity index (χ1v) is 7.53. The maximum absolute atomic E-state index is 6.41. The van der Waals surface area contributed by atoms with E-state index >= 15 is 0 Å². The second-order valence-corrected chi connectivity index (χ2v) is 6.15. The molecule has 0 aliphatic rings. The number of hydrogen-bond acceptors (Lipinski definition) is 4. The maximum atomic E-state index is 6.41. The summed E-state index contributed by atoms with van der Waals surface area (Å²) in [5.74, 6) is 1.74. The molecule has 0 atom stereocenters. The third kappa shape index (κ3) is 2.52. The number of anilines is 1. The van der Waals surface area contributed by atoms with Crippen molar-refractivity contribution in [3.8, 4) is 5.95 Å². The zero-order chi connectivity index (χ0) is 15.9. The molecule has 0 unspecified atom stereocenters. The standard InChI is InChI=1S/C16H18ClN5/c1-10(2)11-8-12-14(9-13(11)17)19-16(20-15(12)21(3)4)22-7-5-6-18-22/h5-10H,1-4H3. The van der Waals surface area contributed by atoms with Crippen LogP contribution in [0.3, 0.4) is 0 Å². The molecule has 5 nitrogen and oxygen atoms in total. The quantitative estimate of drug-likeness (QED) is 0.740. The highest BCUT2D eigenvalue weighted by molar-refractivity contribution is 6.32. The Morgan fingerprint density at radius 2 is 1.95 bits per heavy atom.